The molecule has 2 aromatic rings. The molecular formula is C16H17N5O2. The van der Waals surface area contributed by atoms with Crippen molar-refractivity contribution in [2.45, 2.75) is 13.3 Å². The molecule has 1 unspecified atom stereocenters. The molecule has 1 fully saturated rings. The Balaban J connectivity index is 1.84. The summed E-state index contributed by atoms with van der Waals surface area (Å²) in [7, 11) is 0. The van der Waals surface area contributed by atoms with Crippen LogP contribution in [0.1, 0.15) is 19.0 Å². The van der Waals surface area contributed by atoms with Crippen molar-refractivity contribution in [3.63, 3.8) is 0 Å². The van der Waals surface area contributed by atoms with Crippen LogP contribution in [0.15, 0.2) is 42.6 Å². The van der Waals surface area contributed by atoms with E-state index < -0.39 is 0 Å². The molecule has 2 aromatic heterocycles. The molecular weight excluding hydrogens is 294 g/mol. The van der Waals surface area contributed by atoms with Gasteiger partial charge in [0, 0.05) is 36.2 Å². The Morgan fingerprint density at radius 3 is 2.91 bits per heavy atom. The van der Waals surface area contributed by atoms with Gasteiger partial charge in [-0.15, -0.1) is 5.10 Å². The molecule has 0 bridgehead atoms. The Labute approximate surface area is 133 Å². The van der Waals surface area contributed by atoms with Gasteiger partial charge in [0.15, 0.2) is 5.82 Å². The molecule has 0 aromatic carbocycles. The van der Waals surface area contributed by atoms with Crippen LogP contribution < -0.4 is 5.06 Å². The van der Waals surface area contributed by atoms with Gasteiger partial charge in [-0.2, -0.15) is 5.10 Å². The quantitative estimate of drug-likeness (QED) is 0.856. The highest BCUT2D eigenvalue weighted by atomic mass is 16.7. The molecule has 1 saturated heterocycles. The van der Waals surface area contributed by atoms with Crippen molar-refractivity contribution in [3.05, 3.63) is 48.3 Å². The molecule has 4 heterocycles. The van der Waals surface area contributed by atoms with E-state index in [2.05, 4.69) is 27.1 Å². The van der Waals surface area contributed by atoms with Crippen LogP contribution in [-0.2, 0) is 9.57 Å². The fourth-order valence-electron chi connectivity index (χ4n) is 3.08. The average Bonchev–Trinajstić information content (AvgIpc) is 3.24. The summed E-state index contributed by atoms with van der Waals surface area (Å²) in [4.78, 5) is 14.5. The first-order valence-corrected chi connectivity index (χ1v) is 7.56. The lowest BCUT2D eigenvalue weighted by Gasteiger charge is -2.30. The summed E-state index contributed by atoms with van der Waals surface area (Å²) in [5, 5.41) is 9.91. The number of hydrogen-bond donors (Lipinski definition) is 0. The third-order valence-electron chi connectivity index (χ3n) is 4.26. The van der Waals surface area contributed by atoms with E-state index in [-0.39, 0.29) is 5.41 Å². The fourth-order valence-corrected chi connectivity index (χ4v) is 3.08. The molecule has 7 nitrogen and oxygen atoms in total. The largest absolute Gasteiger partial charge is 0.380 e. The maximum atomic E-state index is 5.93. The summed E-state index contributed by atoms with van der Waals surface area (Å²) >= 11 is 0. The molecule has 2 aliphatic rings. The maximum absolute atomic E-state index is 5.93. The van der Waals surface area contributed by atoms with E-state index in [1.165, 1.54) is 0 Å². The number of anilines is 1. The zero-order valence-electron chi connectivity index (χ0n) is 12.8. The maximum Gasteiger partial charge on any atom is 0.179 e. The number of rotatable bonds is 3. The van der Waals surface area contributed by atoms with Crippen molar-refractivity contribution in [2.24, 2.45) is 5.41 Å². The molecule has 7 heteroatoms. The highest BCUT2D eigenvalue weighted by Gasteiger charge is 2.43. The molecule has 4 rings (SSSR count). The first-order chi connectivity index (χ1) is 11.3. The van der Waals surface area contributed by atoms with E-state index in [1.807, 2.05) is 12.1 Å². The normalized spacial score (nSPS) is 24.5. The molecule has 0 radical (unpaired) electrons. The van der Waals surface area contributed by atoms with Crippen molar-refractivity contribution in [1.82, 2.24) is 20.2 Å². The topological polar surface area (TPSA) is 73.3 Å². The van der Waals surface area contributed by atoms with Crippen molar-refractivity contribution in [1.29, 1.82) is 0 Å². The molecule has 1 atom stereocenters. The summed E-state index contributed by atoms with van der Waals surface area (Å²) in [6.45, 7) is 4.00. The molecule has 0 aliphatic carbocycles. The van der Waals surface area contributed by atoms with E-state index in [4.69, 9.17) is 9.57 Å². The van der Waals surface area contributed by atoms with E-state index in [1.54, 1.807) is 29.9 Å². The average molecular weight is 311 g/mol. The van der Waals surface area contributed by atoms with Crippen molar-refractivity contribution >= 4 is 11.4 Å². The fraction of sp³-hybridized carbons (Fsp3) is 0.375. The van der Waals surface area contributed by atoms with Crippen LogP contribution in [0.2, 0.25) is 0 Å². The number of hydrogen-bond acceptors (Lipinski definition) is 7. The van der Waals surface area contributed by atoms with Gasteiger partial charge in [-0.25, -0.2) is 5.06 Å². The van der Waals surface area contributed by atoms with Gasteiger partial charge >= 0.3 is 0 Å². The van der Waals surface area contributed by atoms with Crippen LogP contribution in [0.3, 0.4) is 0 Å². The van der Waals surface area contributed by atoms with Crippen LogP contribution in [0, 0.1) is 5.41 Å². The van der Waals surface area contributed by atoms with Crippen LogP contribution in [-0.4, -0.2) is 40.0 Å². The minimum absolute atomic E-state index is 0.152. The summed E-state index contributed by atoms with van der Waals surface area (Å²) in [5.74, 6) is 0.662. The third-order valence-corrected chi connectivity index (χ3v) is 4.26. The van der Waals surface area contributed by atoms with Gasteiger partial charge in [-0.1, -0.05) is 6.92 Å². The van der Waals surface area contributed by atoms with Gasteiger partial charge in [0.2, 0.25) is 0 Å². The van der Waals surface area contributed by atoms with E-state index in [9.17, 15) is 0 Å². The summed E-state index contributed by atoms with van der Waals surface area (Å²) in [5.41, 5.74) is 2.73. The second kappa shape index (κ2) is 5.68. The van der Waals surface area contributed by atoms with Gasteiger partial charge in [-0.3, -0.25) is 14.8 Å². The van der Waals surface area contributed by atoms with E-state index in [0.717, 1.165) is 30.0 Å². The summed E-state index contributed by atoms with van der Waals surface area (Å²) in [6, 6.07) is 3.73. The van der Waals surface area contributed by atoms with Crippen molar-refractivity contribution in [3.8, 4) is 0 Å². The Morgan fingerprint density at radius 2 is 2.22 bits per heavy atom. The lowest BCUT2D eigenvalue weighted by Crippen LogP contribution is -2.31. The van der Waals surface area contributed by atoms with E-state index in [0.29, 0.717) is 19.0 Å². The Morgan fingerprint density at radius 1 is 1.26 bits per heavy atom. The predicted octanol–water partition coefficient (Wildman–Crippen LogP) is 1.86. The Hall–Kier alpha value is -2.38. The highest BCUT2D eigenvalue weighted by molar-refractivity contribution is 5.73. The third kappa shape index (κ3) is 2.47. The zero-order valence-corrected chi connectivity index (χ0v) is 12.8. The number of nitrogens with zero attached hydrogens (tertiary/aromatic N) is 5. The van der Waals surface area contributed by atoms with Gasteiger partial charge in [0.1, 0.15) is 6.61 Å². The number of ether oxygens (including phenoxy) is 1. The molecule has 0 spiro atoms. The van der Waals surface area contributed by atoms with Crippen LogP contribution in [0.4, 0.5) is 5.82 Å². The molecule has 2 aliphatic heterocycles. The van der Waals surface area contributed by atoms with Gasteiger partial charge < -0.3 is 4.74 Å². The SMILES string of the molecule is CC1(C2=C(c3cnccn3)CON2c2cccnn2)CCOC1. The first kappa shape index (κ1) is 14.2. The smallest absolute Gasteiger partial charge is 0.179 e. The molecule has 0 saturated carbocycles. The van der Waals surface area contributed by atoms with Gasteiger partial charge in [0.05, 0.1) is 24.2 Å². The number of aromatic nitrogens is 4. The molecule has 0 amide bonds. The lowest BCUT2D eigenvalue weighted by atomic mass is 9.83. The zero-order chi connectivity index (χ0) is 15.7. The number of hydroxylamine groups is 1. The Bertz CT molecular complexity index is 714. The minimum Gasteiger partial charge on any atom is -0.380 e. The predicted molar refractivity (Wildman–Crippen MR) is 83.0 cm³/mol. The van der Waals surface area contributed by atoms with Gasteiger partial charge in [-0.05, 0) is 18.6 Å². The molecule has 118 valence electrons. The second-order valence-corrected chi connectivity index (χ2v) is 5.93. The van der Waals surface area contributed by atoms with Crippen LogP contribution in [0.25, 0.3) is 5.57 Å². The highest BCUT2D eigenvalue weighted by Crippen LogP contribution is 2.45. The first-order valence-electron chi connectivity index (χ1n) is 7.56. The standard InChI is InChI=1S/C16H17N5O2/c1-16(4-8-22-11-16)15-12(13-9-17-6-7-18-13)10-23-21(15)14-3-2-5-19-20-14/h2-3,5-7,9H,4,8,10-11H2,1H3. The molecule has 0 N–H and O–H groups in total. The van der Waals surface area contributed by atoms with Crippen molar-refractivity contribution in [2.75, 3.05) is 24.9 Å². The second-order valence-electron chi connectivity index (χ2n) is 5.93. The molecule has 23 heavy (non-hydrogen) atoms. The van der Waals surface area contributed by atoms with Gasteiger partial charge in [0.25, 0.3) is 0 Å². The summed E-state index contributed by atoms with van der Waals surface area (Å²) < 4.78 is 5.65. The minimum atomic E-state index is -0.152. The monoisotopic (exact) mass is 311 g/mol. The van der Waals surface area contributed by atoms with Crippen LogP contribution >= 0.6 is 0 Å². The Kier molecular flexibility index (Phi) is 3.51. The van der Waals surface area contributed by atoms with Crippen LogP contribution in [0.5, 0.6) is 0 Å². The summed E-state index contributed by atoms with van der Waals surface area (Å²) in [6.07, 6.45) is 7.69. The van der Waals surface area contributed by atoms with E-state index >= 15 is 0 Å². The lowest BCUT2D eigenvalue weighted by molar-refractivity contribution is 0.143. The van der Waals surface area contributed by atoms with Crippen molar-refractivity contribution < 1.29 is 9.57 Å².